The summed E-state index contributed by atoms with van der Waals surface area (Å²) in [6, 6.07) is 7.58. The molecule has 4 amide bonds. The number of urea groups is 1. The highest BCUT2D eigenvalue weighted by Gasteiger charge is 2.38. The van der Waals surface area contributed by atoms with Crippen LogP contribution in [0.15, 0.2) is 30.5 Å². The standard InChI is InChI=1S/C23H28IN7O3/c1-16-25-13-20-15-30(23(34)31(16)20)29-10-8-27(9-11-29)21(32)18-6-7-28(14-18)22(33)26-19-4-2-17(12-24)3-5-19/h2-5,13,18H,6-12,14-15H2,1H3,(H,26,33). The molecule has 0 radical (unpaired) electrons. The summed E-state index contributed by atoms with van der Waals surface area (Å²) in [5, 5.41) is 6.71. The quantitative estimate of drug-likeness (QED) is 0.446. The number of imidazole rings is 1. The van der Waals surface area contributed by atoms with Gasteiger partial charge in [-0.15, -0.1) is 0 Å². The molecule has 1 unspecified atom stereocenters. The van der Waals surface area contributed by atoms with Gasteiger partial charge in [0, 0.05) is 49.4 Å². The molecule has 0 bridgehead atoms. The van der Waals surface area contributed by atoms with E-state index in [2.05, 4.69) is 32.9 Å². The Kier molecular flexibility index (Phi) is 6.47. The minimum absolute atomic E-state index is 0.0776. The summed E-state index contributed by atoms with van der Waals surface area (Å²) in [6.07, 6.45) is 2.42. The van der Waals surface area contributed by atoms with Crippen molar-refractivity contribution in [3.8, 4) is 0 Å². The number of carbonyl (C=O) groups is 3. The SMILES string of the molecule is Cc1ncc2n1C(=O)N(N1CCN(C(=O)C3CCN(C(=O)Nc4ccc(CI)cc4)C3)CC1)C2. The predicted molar refractivity (Wildman–Crippen MR) is 134 cm³/mol. The molecular weight excluding hydrogens is 549 g/mol. The molecule has 0 spiro atoms. The number of alkyl halides is 1. The third kappa shape index (κ3) is 4.38. The first kappa shape index (κ1) is 23.1. The molecule has 2 saturated heterocycles. The van der Waals surface area contributed by atoms with Gasteiger partial charge in [0.05, 0.1) is 24.4 Å². The maximum atomic E-state index is 13.1. The summed E-state index contributed by atoms with van der Waals surface area (Å²) in [7, 11) is 0. The Morgan fingerprint density at radius 1 is 1.09 bits per heavy atom. The van der Waals surface area contributed by atoms with Gasteiger partial charge in [-0.3, -0.25) is 9.80 Å². The van der Waals surface area contributed by atoms with Crippen molar-refractivity contribution in [1.82, 2.24) is 29.4 Å². The Morgan fingerprint density at radius 3 is 2.50 bits per heavy atom. The summed E-state index contributed by atoms with van der Waals surface area (Å²) < 4.78 is 2.57. The third-order valence-corrected chi connectivity index (χ3v) is 7.71. The highest BCUT2D eigenvalue weighted by atomic mass is 127. The summed E-state index contributed by atoms with van der Waals surface area (Å²) in [6.45, 7) is 5.71. The molecule has 0 saturated carbocycles. The minimum atomic E-state index is -0.179. The summed E-state index contributed by atoms with van der Waals surface area (Å²) in [4.78, 5) is 46.3. The van der Waals surface area contributed by atoms with Crippen molar-refractivity contribution in [2.75, 3.05) is 44.6 Å². The van der Waals surface area contributed by atoms with E-state index in [4.69, 9.17) is 0 Å². The molecule has 3 aliphatic heterocycles. The van der Waals surface area contributed by atoms with Gasteiger partial charge in [-0.2, -0.15) is 0 Å². The Hall–Kier alpha value is -2.67. The number of hydrogen-bond donors (Lipinski definition) is 1. The van der Waals surface area contributed by atoms with Crippen LogP contribution in [0, 0.1) is 12.8 Å². The summed E-state index contributed by atoms with van der Waals surface area (Å²) >= 11 is 2.31. The van der Waals surface area contributed by atoms with Crippen LogP contribution in [0.3, 0.4) is 0 Å². The first-order valence-electron chi connectivity index (χ1n) is 11.5. The van der Waals surface area contributed by atoms with E-state index in [1.807, 2.05) is 41.1 Å². The molecule has 34 heavy (non-hydrogen) atoms. The molecule has 4 heterocycles. The van der Waals surface area contributed by atoms with Crippen LogP contribution < -0.4 is 5.32 Å². The van der Waals surface area contributed by atoms with Crippen LogP contribution in [0.5, 0.6) is 0 Å². The number of hydrogen-bond acceptors (Lipinski definition) is 5. The van der Waals surface area contributed by atoms with Gasteiger partial charge in [-0.05, 0) is 31.0 Å². The smallest absolute Gasteiger partial charge is 0.340 e. The lowest BCUT2D eigenvalue weighted by atomic mass is 10.1. The van der Waals surface area contributed by atoms with Crippen LogP contribution in [-0.4, -0.2) is 86.6 Å². The zero-order valence-corrected chi connectivity index (χ0v) is 21.3. The second-order valence-electron chi connectivity index (χ2n) is 8.94. The molecule has 2 fully saturated rings. The number of aryl methyl sites for hydroxylation is 1. The Balaban J connectivity index is 1.11. The largest absolute Gasteiger partial charge is 0.344 e. The fraction of sp³-hybridized carbons (Fsp3) is 0.478. The number of fused-ring (bicyclic) bond motifs is 1. The molecule has 1 atom stereocenters. The molecule has 5 rings (SSSR count). The lowest BCUT2D eigenvalue weighted by Crippen LogP contribution is -2.56. The Morgan fingerprint density at radius 2 is 1.82 bits per heavy atom. The molecule has 1 N–H and O–H groups in total. The second-order valence-corrected chi connectivity index (χ2v) is 9.71. The van der Waals surface area contributed by atoms with Crippen molar-refractivity contribution in [3.63, 3.8) is 0 Å². The number of anilines is 1. The third-order valence-electron chi connectivity index (χ3n) is 6.83. The van der Waals surface area contributed by atoms with E-state index in [0.29, 0.717) is 58.1 Å². The highest BCUT2D eigenvalue weighted by Crippen LogP contribution is 2.24. The fourth-order valence-corrected chi connectivity index (χ4v) is 5.37. The van der Waals surface area contributed by atoms with Crippen LogP contribution in [-0.2, 0) is 15.8 Å². The van der Waals surface area contributed by atoms with Crippen molar-refractivity contribution in [2.24, 2.45) is 5.92 Å². The van der Waals surface area contributed by atoms with E-state index in [0.717, 1.165) is 15.8 Å². The summed E-state index contributed by atoms with van der Waals surface area (Å²) in [5.74, 6) is 0.616. The van der Waals surface area contributed by atoms with Gasteiger partial charge in [0.2, 0.25) is 5.91 Å². The zero-order chi connectivity index (χ0) is 23.8. The number of carbonyl (C=O) groups excluding carboxylic acids is 3. The van der Waals surface area contributed by atoms with Gasteiger partial charge >= 0.3 is 12.1 Å². The first-order chi connectivity index (χ1) is 16.4. The second kappa shape index (κ2) is 9.53. The molecule has 10 nitrogen and oxygen atoms in total. The molecule has 11 heteroatoms. The van der Waals surface area contributed by atoms with E-state index in [-0.39, 0.29) is 23.9 Å². The number of piperazine rings is 1. The van der Waals surface area contributed by atoms with Crippen molar-refractivity contribution < 1.29 is 14.4 Å². The molecule has 3 aliphatic rings. The van der Waals surface area contributed by atoms with Crippen LogP contribution in [0.4, 0.5) is 15.3 Å². The molecule has 180 valence electrons. The fourth-order valence-electron chi connectivity index (χ4n) is 4.86. The number of nitrogens with zero attached hydrogens (tertiary/aromatic N) is 6. The van der Waals surface area contributed by atoms with E-state index in [1.165, 1.54) is 5.56 Å². The molecule has 1 aromatic carbocycles. The van der Waals surface area contributed by atoms with Crippen LogP contribution in [0.2, 0.25) is 0 Å². The number of halogens is 1. The van der Waals surface area contributed by atoms with Gasteiger partial charge in [0.25, 0.3) is 0 Å². The topological polar surface area (TPSA) is 94.0 Å². The van der Waals surface area contributed by atoms with E-state index in [1.54, 1.807) is 20.7 Å². The normalized spacial score (nSPS) is 20.7. The van der Waals surface area contributed by atoms with Gasteiger partial charge in [0.1, 0.15) is 5.82 Å². The van der Waals surface area contributed by atoms with E-state index in [9.17, 15) is 14.4 Å². The molecule has 2 aromatic rings. The van der Waals surface area contributed by atoms with E-state index < -0.39 is 0 Å². The first-order valence-corrected chi connectivity index (χ1v) is 13.1. The van der Waals surface area contributed by atoms with Crippen molar-refractivity contribution in [1.29, 1.82) is 0 Å². The number of rotatable bonds is 4. The van der Waals surface area contributed by atoms with Crippen molar-refractivity contribution in [2.45, 2.75) is 24.3 Å². The van der Waals surface area contributed by atoms with Crippen LogP contribution in [0.1, 0.15) is 23.5 Å². The van der Waals surface area contributed by atoms with Crippen LogP contribution >= 0.6 is 22.6 Å². The van der Waals surface area contributed by atoms with Crippen molar-refractivity contribution in [3.05, 3.63) is 47.5 Å². The van der Waals surface area contributed by atoms with Gasteiger partial charge < -0.3 is 15.1 Å². The average molecular weight is 577 g/mol. The minimum Gasteiger partial charge on any atom is -0.340 e. The summed E-state index contributed by atoms with van der Waals surface area (Å²) in [5.41, 5.74) is 2.87. The van der Waals surface area contributed by atoms with Gasteiger partial charge in [0.15, 0.2) is 0 Å². The van der Waals surface area contributed by atoms with E-state index >= 15 is 0 Å². The number of aromatic nitrogens is 2. The number of benzene rings is 1. The molecular formula is C23H28IN7O3. The number of nitrogens with one attached hydrogen (secondary N) is 1. The molecule has 1 aromatic heterocycles. The van der Waals surface area contributed by atoms with Gasteiger partial charge in [-0.25, -0.2) is 24.1 Å². The molecule has 0 aliphatic carbocycles. The Bertz CT molecular complexity index is 1090. The lowest BCUT2D eigenvalue weighted by Gasteiger charge is -2.39. The Labute approximate surface area is 212 Å². The predicted octanol–water partition coefficient (Wildman–Crippen LogP) is 2.52. The average Bonchev–Trinajstić information content (AvgIpc) is 3.57. The number of amides is 4. The lowest BCUT2D eigenvalue weighted by molar-refractivity contribution is -0.139. The van der Waals surface area contributed by atoms with Crippen molar-refractivity contribution >= 4 is 46.2 Å². The van der Waals surface area contributed by atoms with Crippen LogP contribution in [0.25, 0.3) is 0 Å². The number of hydrazine groups is 1. The monoisotopic (exact) mass is 577 g/mol. The maximum Gasteiger partial charge on any atom is 0.344 e. The van der Waals surface area contributed by atoms with Gasteiger partial charge in [-0.1, -0.05) is 34.7 Å². The number of likely N-dealkylation sites (tertiary alicyclic amines) is 1. The zero-order valence-electron chi connectivity index (χ0n) is 19.1. The highest BCUT2D eigenvalue weighted by molar-refractivity contribution is 14.1. The maximum absolute atomic E-state index is 13.1.